The van der Waals surface area contributed by atoms with Crippen molar-refractivity contribution in [3.8, 4) is 11.5 Å². The van der Waals surface area contributed by atoms with Gasteiger partial charge in [-0.15, -0.1) is 0 Å². The second-order valence-corrected chi connectivity index (χ2v) is 7.83. The van der Waals surface area contributed by atoms with Crippen LogP contribution in [0.2, 0.25) is 0 Å². The lowest BCUT2D eigenvalue weighted by atomic mass is 10.0. The molecule has 0 fully saturated rings. The van der Waals surface area contributed by atoms with Crippen molar-refractivity contribution >= 4 is 16.9 Å². The number of imidazole rings is 1. The zero-order valence-electron chi connectivity index (χ0n) is 17.7. The fourth-order valence-electron chi connectivity index (χ4n) is 4.12. The van der Waals surface area contributed by atoms with E-state index in [1.165, 1.54) is 23.7 Å². The summed E-state index contributed by atoms with van der Waals surface area (Å²) in [5.41, 5.74) is 0.941. The van der Waals surface area contributed by atoms with Crippen molar-refractivity contribution in [2.75, 3.05) is 7.05 Å². The third-order valence-electron chi connectivity index (χ3n) is 5.68. The number of benzene rings is 1. The van der Waals surface area contributed by atoms with Gasteiger partial charge in [-0.1, -0.05) is 12.1 Å². The first-order valence-corrected chi connectivity index (χ1v) is 10.3. The molecule has 1 aliphatic heterocycles. The van der Waals surface area contributed by atoms with Crippen LogP contribution in [0.4, 0.5) is 4.39 Å². The second kappa shape index (κ2) is 8.05. The number of aromatic hydroxyl groups is 1. The third kappa shape index (κ3) is 3.59. The Balaban J connectivity index is 1.69. The molecule has 2 N–H and O–H groups in total. The van der Waals surface area contributed by atoms with Crippen molar-refractivity contribution in [1.82, 2.24) is 24.4 Å². The van der Waals surface area contributed by atoms with E-state index in [1.807, 2.05) is 4.57 Å². The molecule has 0 saturated heterocycles. The Kier molecular flexibility index (Phi) is 5.04. The van der Waals surface area contributed by atoms with E-state index in [-0.39, 0.29) is 23.4 Å². The summed E-state index contributed by atoms with van der Waals surface area (Å²) >= 11 is 0. The summed E-state index contributed by atoms with van der Waals surface area (Å²) in [7, 11) is 1.39. The summed E-state index contributed by atoms with van der Waals surface area (Å²) in [4.78, 5) is 34.0. The van der Waals surface area contributed by atoms with Gasteiger partial charge in [-0.3, -0.25) is 19.1 Å². The lowest BCUT2D eigenvalue weighted by Gasteiger charge is -2.30. The number of pyridine rings is 2. The molecule has 3 aromatic heterocycles. The van der Waals surface area contributed by atoms with Crippen molar-refractivity contribution in [2.24, 2.45) is 0 Å². The van der Waals surface area contributed by atoms with Crippen LogP contribution in [0.1, 0.15) is 21.5 Å². The molecule has 168 valence electrons. The first kappa shape index (κ1) is 20.7. The van der Waals surface area contributed by atoms with Crippen LogP contribution >= 0.6 is 0 Å². The van der Waals surface area contributed by atoms with Crippen LogP contribution in [0.3, 0.4) is 0 Å². The van der Waals surface area contributed by atoms with Gasteiger partial charge in [-0.25, -0.2) is 9.37 Å². The monoisotopic (exact) mass is 449 g/mol. The molecule has 33 heavy (non-hydrogen) atoms. The number of nitrogens with one attached hydrogen (secondary N) is 1. The van der Waals surface area contributed by atoms with E-state index in [2.05, 4.69) is 15.3 Å². The molecule has 0 spiro atoms. The van der Waals surface area contributed by atoms with Gasteiger partial charge in [0.1, 0.15) is 28.5 Å². The fourth-order valence-corrected chi connectivity index (χ4v) is 4.12. The van der Waals surface area contributed by atoms with Gasteiger partial charge in [0, 0.05) is 37.6 Å². The largest absolute Gasteiger partial charge is 0.505 e. The average Bonchev–Trinajstić information content (AvgIpc) is 3.32. The molecule has 1 amide bonds. The lowest BCUT2D eigenvalue weighted by molar-refractivity contribution is 0.0956. The SMILES string of the molecule is CNC(=O)c1c(O)c2ncc(Cc3ccc(F)cc3)c3c2n(c1=O)CC(Cn1ccnc1)O3. The zero-order chi connectivity index (χ0) is 23.1. The number of halogens is 1. The maximum absolute atomic E-state index is 13.4. The van der Waals surface area contributed by atoms with Crippen molar-refractivity contribution in [2.45, 2.75) is 25.6 Å². The average molecular weight is 449 g/mol. The normalized spacial score (nSPS) is 14.8. The maximum Gasteiger partial charge on any atom is 0.268 e. The van der Waals surface area contributed by atoms with Crippen LogP contribution in [0.5, 0.6) is 11.5 Å². The molecule has 1 aromatic carbocycles. The van der Waals surface area contributed by atoms with E-state index >= 15 is 0 Å². The van der Waals surface area contributed by atoms with Gasteiger partial charge < -0.3 is 19.7 Å². The highest BCUT2D eigenvalue weighted by Gasteiger charge is 2.31. The molecular formula is C23H20FN5O4. The van der Waals surface area contributed by atoms with Gasteiger partial charge in [0.2, 0.25) is 0 Å². The van der Waals surface area contributed by atoms with Crippen molar-refractivity contribution in [3.63, 3.8) is 0 Å². The van der Waals surface area contributed by atoms with Crippen LogP contribution in [-0.4, -0.2) is 43.3 Å². The zero-order valence-corrected chi connectivity index (χ0v) is 17.7. The molecule has 0 saturated carbocycles. The number of hydrogen-bond acceptors (Lipinski definition) is 6. The number of hydrogen-bond donors (Lipinski definition) is 2. The quantitative estimate of drug-likeness (QED) is 0.481. The minimum Gasteiger partial charge on any atom is -0.505 e. The maximum atomic E-state index is 13.4. The smallest absolute Gasteiger partial charge is 0.268 e. The predicted molar refractivity (Wildman–Crippen MR) is 117 cm³/mol. The molecule has 1 unspecified atom stereocenters. The molecule has 10 heteroatoms. The number of rotatable bonds is 5. The number of amides is 1. The van der Waals surface area contributed by atoms with Crippen LogP contribution in [-0.2, 0) is 19.5 Å². The van der Waals surface area contributed by atoms with Crippen molar-refractivity contribution < 1.29 is 19.0 Å². The molecule has 1 aliphatic rings. The molecule has 0 aliphatic carbocycles. The second-order valence-electron chi connectivity index (χ2n) is 7.83. The highest BCUT2D eigenvalue weighted by molar-refractivity contribution is 6.02. The third-order valence-corrected chi connectivity index (χ3v) is 5.68. The fraction of sp³-hybridized carbons (Fsp3) is 0.217. The Hall–Kier alpha value is -4.21. The minimum absolute atomic E-state index is 0.104. The number of carbonyl (C=O) groups excluding carboxylic acids is 1. The highest BCUT2D eigenvalue weighted by atomic mass is 19.1. The highest BCUT2D eigenvalue weighted by Crippen LogP contribution is 2.37. The van der Waals surface area contributed by atoms with E-state index in [9.17, 15) is 19.1 Å². The van der Waals surface area contributed by atoms with Gasteiger partial charge in [-0.05, 0) is 17.7 Å². The number of nitrogens with zero attached hydrogens (tertiary/aromatic N) is 4. The van der Waals surface area contributed by atoms with Crippen LogP contribution in [0.25, 0.3) is 11.0 Å². The van der Waals surface area contributed by atoms with Crippen LogP contribution in [0.15, 0.2) is 54.0 Å². The van der Waals surface area contributed by atoms with E-state index in [1.54, 1.807) is 37.1 Å². The van der Waals surface area contributed by atoms with Crippen LogP contribution in [0, 0.1) is 5.82 Å². The summed E-state index contributed by atoms with van der Waals surface area (Å²) in [6.07, 6.45) is 6.57. The standard InChI is InChI=1S/C23H20FN5O4/c1-25-22(31)17-20(30)18-19-21(14(9-27-18)8-13-2-4-15(24)5-3-13)33-16(11-29(19)23(17)32)10-28-7-6-26-12-28/h2-7,9,12,16,30H,8,10-11H2,1H3,(H,25,31). The summed E-state index contributed by atoms with van der Waals surface area (Å²) in [6.45, 7) is 0.578. The Labute approximate surface area is 187 Å². The van der Waals surface area contributed by atoms with Gasteiger partial charge in [0.05, 0.1) is 19.4 Å². The molecule has 4 aromatic rings. The van der Waals surface area contributed by atoms with Gasteiger partial charge in [0.15, 0.2) is 11.5 Å². The van der Waals surface area contributed by atoms with E-state index < -0.39 is 23.3 Å². The Morgan fingerprint density at radius 1 is 1.33 bits per heavy atom. The molecule has 4 heterocycles. The van der Waals surface area contributed by atoms with Crippen molar-refractivity contribution in [3.05, 3.63) is 82.0 Å². The Morgan fingerprint density at radius 2 is 2.12 bits per heavy atom. The number of ether oxygens (including phenoxy) is 1. The Morgan fingerprint density at radius 3 is 2.82 bits per heavy atom. The molecule has 9 nitrogen and oxygen atoms in total. The predicted octanol–water partition coefficient (Wildman–Crippen LogP) is 1.85. The van der Waals surface area contributed by atoms with Crippen molar-refractivity contribution in [1.29, 1.82) is 0 Å². The topological polar surface area (TPSA) is 111 Å². The van der Waals surface area contributed by atoms with E-state index in [0.717, 1.165) is 5.56 Å². The van der Waals surface area contributed by atoms with Crippen LogP contribution < -0.4 is 15.6 Å². The van der Waals surface area contributed by atoms with E-state index in [4.69, 9.17) is 4.74 Å². The first-order valence-electron chi connectivity index (χ1n) is 10.3. The summed E-state index contributed by atoms with van der Waals surface area (Å²) in [5, 5.41) is 13.1. The molecule has 0 bridgehead atoms. The Bertz CT molecular complexity index is 1410. The van der Waals surface area contributed by atoms with Gasteiger partial charge in [0.25, 0.3) is 11.5 Å². The minimum atomic E-state index is -0.695. The summed E-state index contributed by atoms with van der Waals surface area (Å²) in [6, 6.07) is 6.07. The van der Waals surface area contributed by atoms with Gasteiger partial charge >= 0.3 is 0 Å². The first-order chi connectivity index (χ1) is 16.0. The molecule has 0 radical (unpaired) electrons. The summed E-state index contributed by atoms with van der Waals surface area (Å²) < 4.78 is 22.9. The lowest BCUT2D eigenvalue weighted by Crippen LogP contribution is -2.40. The van der Waals surface area contributed by atoms with Gasteiger partial charge in [-0.2, -0.15) is 0 Å². The number of aromatic nitrogens is 4. The molecule has 5 rings (SSSR count). The summed E-state index contributed by atoms with van der Waals surface area (Å²) in [5.74, 6) is -1.12. The van der Waals surface area contributed by atoms with E-state index in [0.29, 0.717) is 29.8 Å². The molecule has 1 atom stereocenters. The number of carbonyl (C=O) groups is 1. The molecular weight excluding hydrogens is 429 g/mol.